The Morgan fingerprint density at radius 3 is 2.54 bits per heavy atom. The largest absolute Gasteiger partial charge is 0.293 e. The van der Waals surface area contributed by atoms with E-state index in [0.717, 1.165) is 0 Å². The van der Waals surface area contributed by atoms with Crippen molar-refractivity contribution in [2.24, 2.45) is 0 Å². The first-order valence-corrected chi connectivity index (χ1v) is 8.71. The van der Waals surface area contributed by atoms with Crippen LogP contribution in [0.15, 0.2) is 47.9 Å². The van der Waals surface area contributed by atoms with Gasteiger partial charge in [0.15, 0.2) is 5.78 Å². The third-order valence-corrected chi connectivity index (χ3v) is 4.74. The van der Waals surface area contributed by atoms with E-state index in [-0.39, 0.29) is 16.4 Å². The quantitative estimate of drug-likeness (QED) is 0.534. The highest BCUT2D eigenvalue weighted by molar-refractivity contribution is 8.00. The molecule has 0 aliphatic rings. The van der Waals surface area contributed by atoms with Gasteiger partial charge in [0.05, 0.1) is 5.25 Å². The first-order valence-electron chi connectivity index (χ1n) is 7.83. The third kappa shape index (κ3) is 3.48. The van der Waals surface area contributed by atoms with E-state index in [1.807, 2.05) is 31.2 Å². The van der Waals surface area contributed by atoms with E-state index >= 15 is 0 Å². The Kier molecular flexibility index (Phi) is 4.41. The second-order valence-electron chi connectivity index (χ2n) is 6.71. The molecule has 0 radical (unpaired) electrons. The monoisotopic (exact) mass is 340 g/mol. The Balaban J connectivity index is 1.74. The average Bonchev–Trinajstić information content (AvgIpc) is 2.95. The van der Waals surface area contributed by atoms with Crippen molar-refractivity contribution in [3.63, 3.8) is 0 Å². The van der Waals surface area contributed by atoms with Crippen molar-refractivity contribution in [3.05, 3.63) is 53.9 Å². The van der Waals surface area contributed by atoms with Crippen LogP contribution in [0.2, 0.25) is 0 Å². The molecule has 124 valence electrons. The van der Waals surface area contributed by atoms with E-state index < -0.39 is 0 Å². The summed E-state index contributed by atoms with van der Waals surface area (Å²) in [5.74, 6) is 0.612. The number of thioether (sulfide) groups is 1. The summed E-state index contributed by atoms with van der Waals surface area (Å²) in [4.78, 5) is 21.1. The van der Waals surface area contributed by atoms with Crippen molar-refractivity contribution >= 4 is 23.3 Å². The minimum Gasteiger partial charge on any atom is -0.293 e. The molecule has 1 aromatic carbocycles. The number of ketones is 1. The van der Waals surface area contributed by atoms with Crippen LogP contribution in [0.25, 0.3) is 5.78 Å². The molecule has 5 nitrogen and oxygen atoms in total. The number of carbonyl (C=O) groups is 1. The second kappa shape index (κ2) is 6.36. The fourth-order valence-corrected chi connectivity index (χ4v) is 3.17. The highest BCUT2D eigenvalue weighted by Gasteiger charge is 2.20. The summed E-state index contributed by atoms with van der Waals surface area (Å²) < 4.78 is 1.61. The maximum absolute atomic E-state index is 12.6. The second-order valence-corrected chi connectivity index (χ2v) is 8.02. The molecule has 0 saturated carbocycles. The maximum Gasteiger partial charge on any atom is 0.253 e. The predicted octanol–water partition coefficient (Wildman–Crippen LogP) is 3.79. The van der Waals surface area contributed by atoms with Crippen LogP contribution in [0.1, 0.15) is 43.6 Å². The van der Waals surface area contributed by atoms with Crippen LogP contribution < -0.4 is 0 Å². The van der Waals surface area contributed by atoms with Crippen molar-refractivity contribution in [2.45, 2.75) is 43.5 Å². The van der Waals surface area contributed by atoms with Crippen molar-refractivity contribution < 1.29 is 4.79 Å². The van der Waals surface area contributed by atoms with E-state index in [2.05, 4.69) is 35.8 Å². The van der Waals surface area contributed by atoms with Gasteiger partial charge < -0.3 is 0 Å². The van der Waals surface area contributed by atoms with Crippen molar-refractivity contribution in [2.75, 3.05) is 0 Å². The Morgan fingerprint density at radius 2 is 1.92 bits per heavy atom. The Bertz CT molecular complexity index is 832. The zero-order chi connectivity index (χ0) is 17.3. The van der Waals surface area contributed by atoms with Crippen LogP contribution in [0.3, 0.4) is 0 Å². The van der Waals surface area contributed by atoms with E-state index in [1.165, 1.54) is 17.3 Å². The Labute approximate surface area is 145 Å². The maximum atomic E-state index is 12.6. The van der Waals surface area contributed by atoms with Gasteiger partial charge in [0.2, 0.25) is 5.16 Å². The van der Waals surface area contributed by atoms with Crippen LogP contribution in [-0.4, -0.2) is 30.6 Å². The van der Waals surface area contributed by atoms with Crippen LogP contribution >= 0.6 is 11.8 Å². The number of Topliss-reactive ketones (excluding diaryl/α,β-unsaturated/α-hetero) is 1. The molecule has 24 heavy (non-hydrogen) atoms. The van der Waals surface area contributed by atoms with Crippen molar-refractivity contribution in [1.82, 2.24) is 19.6 Å². The van der Waals surface area contributed by atoms with E-state index in [1.54, 1.807) is 23.0 Å². The number of carbonyl (C=O) groups excluding carboxylic acids is 1. The fourth-order valence-electron chi connectivity index (χ4n) is 2.34. The van der Waals surface area contributed by atoms with Crippen LogP contribution in [0.4, 0.5) is 0 Å². The fraction of sp³-hybridized carbons (Fsp3) is 0.333. The molecule has 6 heteroatoms. The molecule has 0 fully saturated rings. The summed E-state index contributed by atoms with van der Waals surface area (Å²) in [5, 5.41) is 4.62. The molecule has 0 bridgehead atoms. The number of hydrogen-bond acceptors (Lipinski definition) is 5. The first kappa shape index (κ1) is 16.6. The number of fused-ring (bicyclic) bond motifs is 1. The van der Waals surface area contributed by atoms with Gasteiger partial charge in [0, 0.05) is 18.0 Å². The normalized spacial score (nSPS) is 13.2. The lowest BCUT2D eigenvalue weighted by Gasteiger charge is -2.19. The molecule has 3 aromatic rings. The molecule has 0 N–H and O–H groups in total. The molecule has 3 rings (SSSR count). The molecular formula is C18H20N4OS. The lowest BCUT2D eigenvalue weighted by atomic mass is 9.86. The van der Waals surface area contributed by atoms with Crippen LogP contribution in [-0.2, 0) is 5.41 Å². The highest BCUT2D eigenvalue weighted by atomic mass is 32.2. The van der Waals surface area contributed by atoms with Gasteiger partial charge in [-0.1, -0.05) is 56.8 Å². The zero-order valence-electron chi connectivity index (χ0n) is 14.2. The lowest BCUT2D eigenvalue weighted by Crippen LogP contribution is -2.15. The van der Waals surface area contributed by atoms with Gasteiger partial charge in [-0.15, -0.1) is 5.10 Å². The van der Waals surface area contributed by atoms with Gasteiger partial charge in [0.25, 0.3) is 5.78 Å². The van der Waals surface area contributed by atoms with E-state index in [4.69, 9.17) is 0 Å². The molecule has 0 aliphatic heterocycles. The van der Waals surface area contributed by atoms with E-state index in [0.29, 0.717) is 16.5 Å². The number of benzene rings is 1. The minimum atomic E-state index is -0.261. The summed E-state index contributed by atoms with van der Waals surface area (Å²) >= 11 is 1.35. The number of aromatic nitrogens is 4. The first-order chi connectivity index (χ1) is 11.3. The number of nitrogens with zero attached hydrogens (tertiary/aromatic N) is 4. The van der Waals surface area contributed by atoms with Gasteiger partial charge in [0.1, 0.15) is 0 Å². The van der Waals surface area contributed by atoms with Crippen LogP contribution in [0.5, 0.6) is 0 Å². The minimum absolute atomic E-state index is 0.0762. The lowest BCUT2D eigenvalue weighted by molar-refractivity contribution is 0.0994. The van der Waals surface area contributed by atoms with Gasteiger partial charge >= 0.3 is 0 Å². The van der Waals surface area contributed by atoms with Gasteiger partial charge in [-0.25, -0.2) is 9.50 Å². The Morgan fingerprint density at radius 1 is 1.21 bits per heavy atom. The molecule has 0 aliphatic carbocycles. The summed E-state index contributed by atoms with van der Waals surface area (Å²) in [6.45, 7) is 8.35. The molecule has 0 saturated heterocycles. The summed E-state index contributed by atoms with van der Waals surface area (Å²) in [5.41, 5.74) is 2.01. The molecule has 2 heterocycles. The smallest absolute Gasteiger partial charge is 0.253 e. The summed E-state index contributed by atoms with van der Waals surface area (Å²) in [6, 6.07) is 9.65. The standard InChI is InChI=1S/C18H20N4OS/c1-12(24-17-20-16-19-10-5-11-22(16)21-17)15(23)13-6-8-14(9-7-13)18(2,3)4/h5-12H,1-4H3. The summed E-state index contributed by atoms with van der Waals surface area (Å²) in [6.07, 6.45) is 3.46. The number of hydrogen-bond donors (Lipinski definition) is 0. The van der Waals surface area contributed by atoms with Gasteiger partial charge in [-0.3, -0.25) is 4.79 Å². The molecular weight excluding hydrogens is 320 g/mol. The van der Waals surface area contributed by atoms with Crippen molar-refractivity contribution in [3.8, 4) is 0 Å². The van der Waals surface area contributed by atoms with Crippen molar-refractivity contribution in [1.29, 1.82) is 0 Å². The molecule has 0 spiro atoms. The third-order valence-electron chi connectivity index (χ3n) is 3.78. The van der Waals surface area contributed by atoms with Gasteiger partial charge in [-0.2, -0.15) is 4.98 Å². The molecule has 0 amide bonds. The van der Waals surface area contributed by atoms with Crippen LogP contribution in [0, 0.1) is 0 Å². The average molecular weight is 340 g/mol. The van der Waals surface area contributed by atoms with Gasteiger partial charge in [-0.05, 0) is 24.0 Å². The zero-order valence-corrected chi connectivity index (χ0v) is 15.0. The number of rotatable bonds is 4. The summed E-state index contributed by atoms with van der Waals surface area (Å²) in [7, 11) is 0. The molecule has 1 atom stereocenters. The SMILES string of the molecule is CC(Sc1nc2ncccn2n1)C(=O)c1ccc(C(C)(C)C)cc1. The molecule has 1 unspecified atom stereocenters. The highest BCUT2D eigenvalue weighted by Crippen LogP contribution is 2.25. The molecule has 2 aromatic heterocycles. The Hall–Kier alpha value is -2.21. The van der Waals surface area contributed by atoms with E-state index in [9.17, 15) is 4.79 Å². The predicted molar refractivity (Wildman–Crippen MR) is 95.6 cm³/mol. The topological polar surface area (TPSA) is 60.1 Å².